The smallest absolute Gasteiger partial charge is 0.303 e. The number of rotatable bonds is 5. The largest absolute Gasteiger partial charge is 0.481 e. The Morgan fingerprint density at radius 2 is 1.94 bits per heavy atom. The van der Waals surface area contributed by atoms with Crippen LogP contribution < -0.4 is 5.32 Å². The summed E-state index contributed by atoms with van der Waals surface area (Å²) in [5.74, 6) is -0.747. The average molecular weight is 300 g/mol. The molecule has 0 radical (unpaired) electrons. The van der Waals surface area contributed by atoms with Crippen LogP contribution in [0.25, 0.3) is 0 Å². The summed E-state index contributed by atoms with van der Waals surface area (Å²) in [4.78, 5) is 10.5. The fraction of sp³-hybridized carbons (Fsp3) is 0.462. The van der Waals surface area contributed by atoms with Gasteiger partial charge in [-0.3, -0.25) is 4.79 Å². The molecular weight excluding hydrogens is 282 g/mol. The lowest BCUT2D eigenvalue weighted by Gasteiger charge is -2.18. The third-order valence-corrected chi connectivity index (χ3v) is 3.14. The summed E-state index contributed by atoms with van der Waals surface area (Å²) in [6.45, 7) is 6.10. The quantitative estimate of drug-likeness (QED) is 0.871. The molecule has 1 rings (SSSR count). The fourth-order valence-corrected chi connectivity index (χ4v) is 2.48. The molecule has 4 heteroatoms. The zero-order valence-electron chi connectivity index (χ0n) is 10.4. The second-order valence-electron chi connectivity index (χ2n) is 4.39. The molecule has 0 saturated heterocycles. The Morgan fingerprint density at radius 1 is 1.41 bits per heavy atom. The lowest BCUT2D eigenvalue weighted by molar-refractivity contribution is -0.137. The zero-order valence-corrected chi connectivity index (χ0v) is 12.0. The number of aryl methyl sites for hydroxylation is 2. The number of carboxylic acid groups (broad SMARTS) is 1. The van der Waals surface area contributed by atoms with E-state index in [9.17, 15) is 4.79 Å². The van der Waals surface area contributed by atoms with Gasteiger partial charge in [-0.15, -0.1) is 0 Å². The Kier molecular flexibility index (Phi) is 5.00. The van der Waals surface area contributed by atoms with E-state index in [1.54, 1.807) is 0 Å². The predicted octanol–water partition coefficient (Wildman–Crippen LogP) is 3.73. The molecule has 94 valence electrons. The van der Waals surface area contributed by atoms with Gasteiger partial charge in [0, 0.05) is 22.6 Å². The number of benzene rings is 1. The van der Waals surface area contributed by atoms with Crippen molar-refractivity contribution in [3.63, 3.8) is 0 Å². The molecule has 1 unspecified atom stereocenters. The third kappa shape index (κ3) is 4.38. The van der Waals surface area contributed by atoms with Crippen molar-refractivity contribution >= 4 is 27.6 Å². The van der Waals surface area contributed by atoms with Gasteiger partial charge in [0.25, 0.3) is 0 Å². The van der Waals surface area contributed by atoms with Crippen LogP contribution in [0, 0.1) is 13.8 Å². The highest BCUT2D eigenvalue weighted by Gasteiger charge is 2.09. The topological polar surface area (TPSA) is 49.3 Å². The van der Waals surface area contributed by atoms with Crippen molar-refractivity contribution in [1.82, 2.24) is 0 Å². The Hall–Kier alpha value is -1.03. The van der Waals surface area contributed by atoms with E-state index in [-0.39, 0.29) is 12.5 Å². The molecule has 0 amide bonds. The minimum atomic E-state index is -0.747. The molecule has 0 aliphatic rings. The maximum atomic E-state index is 10.5. The molecule has 0 aliphatic carbocycles. The minimum Gasteiger partial charge on any atom is -0.481 e. The van der Waals surface area contributed by atoms with E-state index in [0.717, 1.165) is 10.2 Å². The van der Waals surface area contributed by atoms with Crippen LogP contribution in [-0.2, 0) is 4.79 Å². The number of hydrogen-bond donors (Lipinski definition) is 2. The molecular formula is C13H18BrNO2. The van der Waals surface area contributed by atoms with E-state index in [0.29, 0.717) is 6.42 Å². The molecule has 1 atom stereocenters. The summed E-state index contributed by atoms with van der Waals surface area (Å²) < 4.78 is 1.07. The van der Waals surface area contributed by atoms with Crippen molar-refractivity contribution in [1.29, 1.82) is 0 Å². The van der Waals surface area contributed by atoms with Gasteiger partial charge in [-0.25, -0.2) is 0 Å². The maximum Gasteiger partial charge on any atom is 0.303 e. The second kappa shape index (κ2) is 6.05. The highest BCUT2D eigenvalue weighted by Crippen LogP contribution is 2.26. The van der Waals surface area contributed by atoms with Crippen LogP contribution in [0.4, 0.5) is 5.69 Å². The zero-order chi connectivity index (χ0) is 13.0. The number of carbonyl (C=O) groups is 1. The molecule has 0 heterocycles. The van der Waals surface area contributed by atoms with Gasteiger partial charge in [-0.2, -0.15) is 0 Å². The van der Waals surface area contributed by atoms with E-state index >= 15 is 0 Å². The van der Waals surface area contributed by atoms with Crippen LogP contribution in [0.1, 0.15) is 30.9 Å². The molecule has 0 aliphatic heterocycles. The van der Waals surface area contributed by atoms with Gasteiger partial charge in [-0.1, -0.05) is 15.9 Å². The summed E-state index contributed by atoms with van der Waals surface area (Å²) >= 11 is 3.46. The molecule has 1 aromatic carbocycles. The van der Waals surface area contributed by atoms with Gasteiger partial charge in [-0.05, 0) is 50.5 Å². The molecule has 1 aromatic rings. The molecule has 0 aromatic heterocycles. The summed E-state index contributed by atoms with van der Waals surface area (Å²) in [6.07, 6.45) is 0.826. The molecule has 0 bridgehead atoms. The maximum absolute atomic E-state index is 10.5. The number of hydrogen-bond acceptors (Lipinski definition) is 2. The van der Waals surface area contributed by atoms with Gasteiger partial charge in [0.15, 0.2) is 0 Å². The van der Waals surface area contributed by atoms with E-state index in [1.807, 2.05) is 20.8 Å². The van der Waals surface area contributed by atoms with Crippen molar-refractivity contribution in [2.24, 2.45) is 0 Å². The normalized spacial score (nSPS) is 12.2. The molecule has 17 heavy (non-hydrogen) atoms. The molecule has 0 fully saturated rings. The van der Waals surface area contributed by atoms with Crippen molar-refractivity contribution in [3.8, 4) is 0 Å². The Labute approximate surface area is 110 Å². The first-order chi connectivity index (χ1) is 7.90. The first kappa shape index (κ1) is 14.0. The van der Waals surface area contributed by atoms with Gasteiger partial charge in [0.1, 0.15) is 0 Å². The fourth-order valence-electron chi connectivity index (χ4n) is 1.80. The average Bonchev–Trinajstić information content (AvgIpc) is 2.20. The number of anilines is 1. The Bertz CT molecular complexity index is 395. The van der Waals surface area contributed by atoms with Crippen LogP contribution >= 0.6 is 15.9 Å². The van der Waals surface area contributed by atoms with Crippen molar-refractivity contribution in [2.75, 3.05) is 5.32 Å². The summed E-state index contributed by atoms with van der Waals surface area (Å²) in [5.41, 5.74) is 3.43. The summed E-state index contributed by atoms with van der Waals surface area (Å²) in [6, 6.07) is 4.27. The first-order valence-corrected chi connectivity index (χ1v) is 6.44. The van der Waals surface area contributed by atoms with Gasteiger partial charge >= 0.3 is 5.97 Å². The van der Waals surface area contributed by atoms with E-state index in [4.69, 9.17) is 5.11 Å². The number of carboxylic acids is 1. The molecule has 0 saturated carbocycles. The Morgan fingerprint density at radius 3 is 2.41 bits per heavy atom. The Balaban J connectivity index is 2.71. The predicted molar refractivity (Wildman–Crippen MR) is 73.6 cm³/mol. The standard InChI is InChI=1S/C13H18BrNO2/c1-8-6-11(14)7-9(2)13(8)15-10(3)4-5-12(16)17/h6-7,10,15H,4-5H2,1-3H3,(H,16,17). The van der Waals surface area contributed by atoms with Gasteiger partial charge < -0.3 is 10.4 Å². The van der Waals surface area contributed by atoms with E-state index < -0.39 is 5.97 Å². The minimum absolute atomic E-state index is 0.157. The van der Waals surface area contributed by atoms with E-state index in [1.165, 1.54) is 11.1 Å². The number of halogens is 1. The monoisotopic (exact) mass is 299 g/mol. The van der Waals surface area contributed by atoms with Crippen LogP contribution in [0.5, 0.6) is 0 Å². The summed E-state index contributed by atoms with van der Waals surface area (Å²) in [7, 11) is 0. The van der Waals surface area contributed by atoms with Crippen LogP contribution in [0.15, 0.2) is 16.6 Å². The lowest BCUT2D eigenvalue weighted by Crippen LogP contribution is -2.18. The van der Waals surface area contributed by atoms with Crippen molar-refractivity contribution in [3.05, 3.63) is 27.7 Å². The van der Waals surface area contributed by atoms with Crippen LogP contribution in [0.2, 0.25) is 0 Å². The second-order valence-corrected chi connectivity index (χ2v) is 5.31. The molecule has 0 spiro atoms. The number of aliphatic carboxylic acids is 1. The molecule has 3 nitrogen and oxygen atoms in total. The third-order valence-electron chi connectivity index (χ3n) is 2.68. The SMILES string of the molecule is Cc1cc(Br)cc(C)c1NC(C)CCC(=O)O. The van der Waals surface area contributed by atoms with Gasteiger partial charge in [0.2, 0.25) is 0 Å². The first-order valence-electron chi connectivity index (χ1n) is 5.65. The lowest BCUT2D eigenvalue weighted by atomic mass is 10.1. The van der Waals surface area contributed by atoms with Crippen molar-refractivity contribution < 1.29 is 9.90 Å². The van der Waals surface area contributed by atoms with Crippen molar-refractivity contribution in [2.45, 2.75) is 39.7 Å². The van der Waals surface area contributed by atoms with Gasteiger partial charge in [0.05, 0.1) is 0 Å². The number of nitrogens with one attached hydrogen (secondary N) is 1. The van der Waals surface area contributed by atoms with E-state index in [2.05, 4.69) is 33.4 Å². The van der Waals surface area contributed by atoms with Crippen LogP contribution in [0.3, 0.4) is 0 Å². The molecule has 2 N–H and O–H groups in total. The highest BCUT2D eigenvalue weighted by atomic mass is 79.9. The van der Waals surface area contributed by atoms with Crippen LogP contribution in [-0.4, -0.2) is 17.1 Å². The summed E-state index contributed by atoms with van der Waals surface area (Å²) in [5, 5.41) is 12.0. The highest BCUT2D eigenvalue weighted by molar-refractivity contribution is 9.10.